The van der Waals surface area contributed by atoms with Crippen molar-refractivity contribution in [1.82, 2.24) is 31.1 Å². The Kier molecular flexibility index (Phi) is 14.0. The molecule has 10 rings (SSSR count). The van der Waals surface area contributed by atoms with Gasteiger partial charge >= 0.3 is 0 Å². The number of guanidine groups is 2. The van der Waals surface area contributed by atoms with Crippen LogP contribution >= 0.6 is 0 Å². The van der Waals surface area contributed by atoms with E-state index in [-0.39, 0.29) is 67.5 Å². The fourth-order valence-corrected chi connectivity index (χ4v) is 11.4. The quantitative estimate of drug-likeness (QED) is 0.0867. The first-order chi connectivity index (χ1) is 34.2. The monoisotopic (exact) mass is 965 g/mol. The van der Waals surface area contributed by atoms with Crippen LogP contribution in [0.1, 0.15) is 159 Å². The number of carbonyl (C=O) groups is 4. The third kappa shape index (κ3) is 9.98. The fraction of sp³-hybridized carbons (Fsp3) is 0.464. The van der Waals surface area contributed by atoms with Gasteiger partial charge in [0.15, 0.2) is 11.9 Å². The Morgan fingerprint density at radius 1 is 0.831 bits per heavy atom. The number of rotatable bonds is 9. The molecule has 374 valence electrons. The Bertz CT molecular complexity index is 2680. The maximum atomic E-state index is 14.3. The number of aliphatic hydroxyl groups is 1. The van der Waals surface area contributed by atoms with Crippen LogP contribution in [-0.4, -0.2) is 79.8 Å². The lowest BCUT2D eigenvalue weighted by Gasteiger charge is -2.45. The van der Waals surface area contributed by atoms with Gasteiger partial charge in [-0.3, -0.25) is 39.8 Å². The second-order valence-corrected chi connectivity index (χ2v) is 20.6. The number of amides is 4. The van der Waals surface area contributed by atoms with Crippen molar-refractivity contribution in [2.75, 3.05) is 6.61 Å². The van der Waals surface area contributed by atoms with Crippen molar-refractivity contribution >= 4 is 35.5 Å². The number of nitrogens with one attached hydrogen (secondary N) is 6. The molecule has 0 aliphatic carbocycles. The summed E-state index contributed by atoms with van der Waals surface area (Å²) in [5.41, 5.74) is 2.35. The van der Waals surface area contributed by atoms with E-state index in [1.165, 1.54) is 9.80 Å². The van der Waals surface area contributed by atoms with Gasteiger partial charge in [-0.2, -0.15) is 0 Å². The first-order valence-corrected chi connectivity index (χ1v) is 25.5. The van der Waals surface area contributed by atoms with E-state index in [0.717, 1.165) is 74.5 Å². The molecule has 4 aromatic rings. The minimum Gasteiger partial charge on any atom is -0.493 e. The number of benzene rings is 4. The van der Waals surface area contributed by atoms with Crippen LogP contribution in [0.25, 0.3) is 0 Å². The summed E-state index contributed by atoms with van der Waals surface area (Å²) in [6.45, 7) is 8.62. The van der Waals surface area contributed by atoms with Crippen molar-refractivity contribution in [1.29, 1.82) is 10.8 Å². The molecule has 4 bridgehead atoms. The van der Waals surface area contributed by atoms with E-state index in [1.54, 1.807) is 30.3 Å². The summed E-state index contributed by atoms with van der Waals surface area (Å²) in [5.74, 6) is 0.388. The normalized spacial score (nSPS) is 26.5. The summed E-state index contributed by atoms with van der Waals surface area (Å²) in [6.07, 6.45) is 7.22. The summed E-state index contributed by atoms with van der Waals surface area (Å²) < 4.78 is 13.4. The minimum absolute atomic E-state index is 0.0181. The second kappa shape index (κ2) is 20.2. The van der Waals surface area contributed by atoms with Gasteiger partial charge in [0, 0.05) is 45.7 Å². The van der Waals surface area contributed by atoms with Crippen LogP contribution in [0.3, 0.4) is 0 Å². The molecule has 7 N–H and O–H groups in total. The lowest BCUT2D eigenvalue weighted by atomic mass is 9.79. The number of fused-ring (bicyclic) bond motifs is 10. The highest BCUT2D eigenvalue weighted by atomic mass is 16.5. The zero-order valence-corrected chi connectivity index (χ0v) is 41.4. The van der Waals surface area contributed by atoms with E-state index >= 15 is 0 Å². The number of aliphatic hydroxyl groups excluding tert-OH is 1. The van der Waals surface area contributed by atoms with Crippen LogP contribution in [0.4, 0.5) is 0 Å². The van der Waals surface area contributed by atoms with Gasteiger partial charge in [-0.05, 0) is 86.1 Å². The van der Waals surface area contributed by atoms with Gasteiger partial charge in [-0.1, -0.05) is 107 Å². The average molecular weight is 965 g/mol. The Morgan fingerprint density at radius 2 is 1.59 bits per heavy atom. The second-order valence-electron chi connectivity index (χ2n) is 20.6. The highest BCUT2D eigenvalue weighted by molar-refractivity contribution is 6.00. The molecule has 6 atom stereocenters. The van der Waals surface area contributed by atoms with Crippen LogP contribution in [0.2, 0.25) is 0 Å². The molecule has 0 spiro atoms. The third-order valence-electron chi connectivity index (χ3n) is 16.0. The maximum absolute atomic E-state index is 14.3. The van der Waals surface area contributed by atoms with Gasteiger partial charge in [0.2, 0.25) is 11.8 Å². The van der Waals surface area contributed by atoms with Gasteiger partial charge in [-0.15, -0.1) is 0 Å². The molecule has 4 aromatic carbocycles. The lowest BCUT2D eigenvalue weighted by molar-refractivity contribution is -0.132. The van der Waals surface area contributed by atoms with Gasteiger partial charge in [0.25, 0.3) is 11.8 Å². The first-order valence-electron chi connectivity index (χ1n) is 25.5. The molecule has 4 unspecified atom stereocenters. The Morgan fingerprint density at radius 3 is 2.37 bits per heavy atom. The molecule has 15 nitrogen and oxygen atoms in total. The van der Waals surface area contributed by atoms with Gasteiger partial charge in [0.05, 0.1) is 44.6 Å². The summed E-state index contributed by atoms with van der Waals surface area (Å²) in [5, 5.41) is 43.1. The summed E-state index contributed by atoms with van der Waals surface area (Å²) >= 11 is 0. The number of hydrogen-bond acceptors (Lipinski definition) is 9. The van der Waals surface area contributed by atoms with Crippen LogP contribution in [0.15, 0.2) is 91.0 Å². The molecule has 6 aliphatic rings. The molecular formula is C56H68N8O7. The molecule has 0 saturated carbocycles. The van der Waals surface area contributed by atoms with Crippen LogP contribution < -0.4 is 30.7 Å². The molecule has 2 fully saturated rings. The highest BCUT2D eigenvalue weighted by Crippen LogP contribution is 2.46. The van der Waals surface area contributed by atoms with Gasteiger partial charge in [-0.25, -0.2) is 0 Å². The van der Waals surface area contributed by atoms with E-state index in [2.05, 4.69) is 28.2 Å². The molecule has 15 heteroatoms. The summed E-state index contributed by atoms with van der Waals surface area (Å²) in [4.78, 5) is 58.3. The zero-order valence-electron chi connectivity index (χ0n) is 41.4. The summed E-state index contributed by atoms with van der Waals surface area (Å²) in [6, 6.07) is 26.3. The standard InChI is InChI=1S/C56H68N8O7/c1-5-55(6-2)30-44(65)63(52(57)61-55)32-36-18-15-21-38(28-36)51(69)60-47-41-23-11-12-25-43(41)71-54(4,49(47)67)29-39-22-16-24-42-46-40(34-70-48(39)42)19-10-8-9-13-26-56(7-3)31-45(66)64(53(58)62-56)33-35-17-14-20-37(27-35)50(68)59-46/h11-12,14-18,20-25,27-28,40,46-47,49,67H,5-10,13,19,26,29-34H2,1-4H3,(H2,57,61)(H2,58,62)(H,59,68)(H,60,69)/t40?,46?,47-,49+,54?,56?/m1/s1. The van der Waals surface area contributed by atoms with Crippen LogP contribution in [0.5, 0.6) is 11.5 Å². The molecular weight excluding hydrogens is 897 g/mol. The highest BCUT2D eigenvalue weighted by Gasteiger charge is 2.48. The molecule has 2 saturated heterocycles. The van der Waals surface area contributed by atoms with Crippen molar-refractivity contribution in [3.8, 4) is 11.5 Å². The minimum atomic E-state index is -1.25. The van der Waals surface area contributed by atoms with Crippen molar-refractivity contribution in [3.63, 3.8) is 0 Å². The Balaban J connectivity index is 0.953. The number of carbonyl (C=O) groups excluding carboxylic acids is 4. The third-order valence-corrected chi connectivity index (χ3v) is 16.0. The lowest BCUT2D eigenvalue weighted by Crippen LogP contribution is -2.61. The van der Waals surface area contributed by atoms with Gasteiger partial charge in [0.1, 0.15) is 23.2 Å². The zero-order chi connectivity index (χ0) is 50.1. The molecule has 0 aromatic heterocycles. The van der Waals surface area contributed by atoms with E-state index in [4.69, 9.17) is 20.3 Å². The van der Waals surface area contributed by atoms with Crippen molar-refractivity contribution in [2.24, 2.45) is 5.92 Å². The van der Waals surface area contributed by atoms with E-state index in [9.17, 15) is 24.3 Å². The molecule has 0 radical (unpaired) electrons. The number of nitrogens with zero attached hydrogens (tertiary/aromatic N) is 2. The molecule has 6 heterocycles. The van der Waals surface area contributed by atoms with Crippen molar-refractivity contribution < 1.29 is 33.8 Å². The molecule has 6 aliphatic heterocycles. The topological polar surface area (TPSA) is 209 Å². The maximum Gasteiger partial charge on any atom is 0.251 e. The number of para-hydroxylation sites is 2. The average Bonchev–Trinajstić information content (AvgIpc) is 3.36. The van der Waals surface area contributed by atoms with E-state index in [1.807, 2.05) is 81.4 Å². The van der Waals surface area contributed by atoms with Crippen molar-refractivity contribution in [2.45, 2.75) is 153 Å². The van der Waals surface area contributed by atoms with Crippen LogP contribution in [-0.2, 0) is 29.1 Å². The van der Waals surface area contributed by atoms with Crippen LogP contribution in [0, 0.1) is 16.7 Å². The Labute approximate surface area is 416 Å². The van der Waals surface area contributed by atoms with Crippen molar-refractivity contribution in [3.05, 3.63) is 130 Å². The smallest absolute Gasteiger partial charge is 0.251 e. The number of hydrogen-bond donors (Lipinski definition) is 7. The van der Waals surface area contributed by atoms with Gasteiger partial charge < -0.3 is 35.8 Å². The summed E-state index contributed by atoms with van der Waals surface area (Å²) in [7, 11) is 0. The molecule has 71 heavy (non-hydrogen) atoms. The van der Waals surface area contributed by atoms with E-state index in [0.29, 0.717) is 46.8 Å². The van der Waals surface area contributed by atoms with E-state index < -0.39 is 34.7 Å². The predicted octanol–water partition coefficient (Wildman–Crippen LogP) is 7.97. The Hall–Kier alpha value is -6.74. The SMILES string of the molecule is CCC1(CC)CC(=O)N(Cc2cccc(C(=O)N[C@@H]3c4ccccc4OC(C)(Cc4cccc5c4OCC4CCCCCCC6(CC)CC(=O)N(Cc7cccc(c7)C(=O)NC54)C(=N)N6)[C@H]3O)c2)C(=N)N1. The number of ether oxygens (including phenoxy) is 2. The molecule has 4 amide bonds. The fourth-order valence-electron chi connectivity index (χ4n) is 11.4. The largest absolute Gasteiger partial charge is 0.493 e. The first kappa shape index (κ1) is 49.2. The predicted molar refractivity (Wildman–Crippen MR) is 270 cm³/mol.